The van der Waals surface area contributed by atoms with Crippen molar-refractivity contribution in [1.29, 1.82) is 0 Å². The Bertz CT molecular complexity index is 620. The van der Waals surface area contributed by atoms with Crippen LogP contribution >= 0.6 is 0 Å². The van der Waals surface area contributed by atoms with Gasteiger partial charge in [0.15, 0.2) is 0 Å². The molecule has 1 atom stereocenters. The van der Waals surface area contributed by atoms with E-state index in [1.807, 2.05) is 6.92 Å². The zero-order valence-electron chi connectivity index (χ0n) is 13.6. The van der Waals surface area contributed by atoms with Crippen molar-refractivity contribution in [3.05, 3.63) is 35.6 Å². The number of piperazine rings is 1. The number of nitrogens with one attached hydrogen (secondary N) is 1. The van der Waals surface area contributed by atoms with Gasteiger partial charge in [-0.2, -0.15) is 0 Å². The first kappa shape index (κ1) is 17.9. The first-order chi connectivity index (χ1) is 11.5. The molecule has 1 N–H and O–H groups in total. The second-order valence-electron chi connectivity index (χ2n) is 5.56. The van der Waals surface area contributed by atoms with E-state index >= 15 is 0 Å². The minimum Gasteiger partial charge on any atom is -0.466 e. The third-order valence-corrected chi connectivity index (χ3v) is 3.82. The van der Waals surface area contributed by atoms with Crippen molar-refractivity contribution >= 4 is 17.8 Å². The summed E-state index contributed by atoms with van der Waals surface area (Å²) < 4.78 is 18.9. The molecular formula is C17H21FN2O4. The molecule has 0 aromatic heterocycles. The highest BCUT2D eigenvalue weighted by atomic mass is 19.1. The number of nitrogens with zero attached hydrogens (tertiary/aromatic N) is 1. The molecule has 1 aliphatic heterocycles. The van der Waals surface area contributed by atoms with Crippen molar-refractivity contribution in [1.82, 2.24) is 10.2 Å². The number of rotatable bonds is 6. The normalized spacial score (nSPS) is 17.3. The van der Waals surface area contributed by atoms with Crippen molar-refractivity contribution in [2.24, 2.45) is 0 Å². The predicted octanol–water partition coefficient (Wildman–Crippen LogP) is 1.50. The summed E-state index contributed by atoms with van der Waals surface area (Å²) in [5.41, 5.74) is -0.114. The third kappa shape index (κ3) is 4.31. The molecular weight excluding hydrogens is 315 g/mol. The molecule has 24 heavy (non-hydrogen) atoms. The standard InChI is InChI=1S/C17H21FN2O4/c1-2-3-10-24-15(21)11-14-16(22)19-8-9-20(14)17(23)12-6-4-5-7-13(12)18/h4-7,14H,2-3,8-11H2,1H3,(H,19,22). The lowest BCUT2D eigenvalue weighted by Gasteiger charge is -2.34. The van der Waals surface area contributed by atoms with E-state index in [9.17, 15) is 18.8 Å². The van der Waals surface area contributed by atoms with Gasteiger partial charge in [0.1, 0.15) is 11.9 Å². The minimum absolute atomic E-state index is 0.114. The van der Waals surface area contributed by atoms with E-state index in [-0.39, 0.29) is 31.7 Å². The lowest BCUT2D eigenvalue weighted by molar-refractivity contribution is -0.147. The zero-order chi connectivity index (χ0) is 17.5. The Morgan fingerprint density at radius 2 is 2.12 bits per heavy atom. The molecule has 1 fully saturated rings. The molecule has 6 nitrogen and oxygen atoms in total. The van der Waals surface area contributed by atoms with Crippen LogP contribution in [0.3, 0.4) is 0 Å². The molecule has 0 bridgehead atoms. The Morgan fingerprint density at radius 1 is 1.38 bits per heavy atom. The van der Waals surface area contributed by atoms with Crippen LogP contribution in [0.5, 0.6) is 0 Å². The van der Waals surface area contributed by atoms with Gasteiger partial charge >= 0.3 is 5.97 Å². The Balaban J connectivity index is 2.11. The summed E-state index contributed by atoms with van der Waals surface area (Å²) in [5.74, 6) is -2.23. The van der Waals surface area contributed by atoms with Crippen LogP contribution in [-0.2, 0) is 14.3 Å². The topological polar surface area (TPSA) is 75.7 Å². The summed E-state index contributed by atoms with van der Waals surface area (Å²) in [6.45, 7) is 2.73. The molecule has 0 aliphatic carbocycles. The van der Waals surface area contributed by atoms with Crippen LogP contribution < -0.4 is 5.32 Å². The average Bonchev–Trinajstić information content (AvgIpc) is 2.57. The summed E-state index contributed by atoms with van der Waals surface area (Å²) >= 11 is 0. The van der Waals surface area contributed by atoms with Gasteiger partial charge < -0.3 is 15.0 Å². The fraction of sp³-hybridized carbons (Fsp3) is 0.471. The van der Waals surface area contributed by atoms with Gasteiger partial charge in [0.25, 0.3) is 5.91 Å². The van der Waals surface area contributed by atoms with E-state index in [4.69, 9.17) is 4.74 Å². The van der Waals surface area contributed by atoms with Gasteiger partial charge in [0.2, 0.25) is 5.91 Å². The highest BCUT2D eigenvalue weighted by molar-refractivity contribution is 5.99. The van der Waals surface area contributed by atoms with E-state index in [2.05, 4.69) is 5.32 Å². The molecule has 1 aliphatic rings. The second-order valence-corrected chi connectivity index (χ2v) is 5.56. The summed E-state index contributed by atoms with van der Waals surface area (Å²) in [4.78, 5) is 37.8. The van der Waals surface area contributed by atoms with Crippen LogP contribution in [-0.4, -0.2) is 48.4 Å². The lowest BCUT2D eigenvalue weighted by Crippen LogP contribution is -2.58. The fourth-order valence-corrected chi connectivity index (χ4v) is 2.50. The maximum atomic E-state index is 13.8. The van der Waals surface area contributed by atoms with Crippen LogP contribution in [0.15, 0.2) is 24.3 Å². The Kier molecular flexibility index (Phi) is 6.28. The second kappa shape index (κ2) is 8.42. The number of amides is 2. The van der Waals surface area contributed by atoms with Crippen molar-refractivity contribution < 1.29 is 23.5 Å². The van der Waals surface area contributed by atoms with E-state index < -0.39 is 29.6 Å². The summed E-state index contributed by atoms with van der Waals surface area (Å²) in [5, 5.41) is 2.62. The third-order valence-electron chi connectivity index (χ3n) is 3.82. The molecule has 7 heteroatoms. The van der Waals surface area contributed by atoms with Crippen LogP contribution in [0.25, 0.3) is 0 Å². The Labute approximate surface area is 140 Å². The number of carbonyl (C=O) groups is 3. The molecule has 2 amide bonds. The Hall–Kier alpha value is -2.44. The highest BCUT2D eigenvalue weighted by Crippen LogP contribution is 2.16. The quantitative estimate of drug-likeness (QED) is 0.631. The van der Waals surface area contributed by atoms with Crippen LogP contribution in [0.1, 0.15) is 36.5 Å². The highest BCUT2D eigenvalue weighted by Gasteiger charge is 2.36. The number of unbranched alkanes of at least 4 members (excludes halogenated alkanes) is 1. The lowest BCUT2D eigenvalue weighted by atomic mass is 10.1. The maximum absolute atomic E-state index is 13.8. The van der Waals surface area contributed by atoms with E-state index in [1.165, 1.54) is 23.1 Å². The van der Waals surface area contributed by atoms with Gasteiger partial charge in [-0.25, -0.2) is 4.39 Å². The zero-order valence-corrected chi connectivity index (χ0v) is 13.6. The van der Waals surface area contributed by atoms with E-state index in [0.717, 1.165) is 12.8 Å². The van der Waals surface area contributed by atoms with Crippen molar-refractivity contribution in [3.63, 3.8) is 0 Å². The van der Waals surface area contributed by atoms with Gasteiger partial charge in [-0.1, -0.05) is 25.5 Å². The molecule has 0 saturated carbocycles. The van der Waals surface area contributed by atoms with Gasteiger partial charge in [-0.05, 0) is 18.6 Å². The summed E-state index contributed by atoms with van der Waals surface area (Å²) in [6.07, 6.45) is 1.38. The number of halogens is 1. The van der Waals surface area contributed by atoms with E-state index in [0.29, 0.717) is 0 Å². The first-order valence-electron chi connectivity index (χ1n) is 8.03. The molecule has 0 spiro atoms. The van der Waals surface area contributed by atoms with Crippen LogP contribution in [0.4, 0.5) is 4.39 Å². The SMILES string of the molecule is CCCCOC(=O)CC1C(=O)NCCN1C(=O)c1ccccc1F. The molecule has 2 rings (SSSR count). The number of ether oxygens (including phenoxy) is 1. The number of esters is 1. The maximum Gasteiger partial charge on any atom is 0.308 e. The van der Waals surface area contributed by atoms with Crippen molar-refractivity contribution in [3.8, 4) is 0 Å². The predicted molar refractivity (Wildman–Crippen MR) is 84.7 cm³/mol. The van der Waals surface area contributed by atoms with Crippen LogP contribution in [0.2, 0.25) is 0 Å². The van der Waals surface area contributed by atoms with Gasteiger partial charge in [-0.15, -0.1) is 0 Å². The number of hydrogen-bond acceptors (Lipinski definition) is 4. The fourth-order valence-electron chi connectivity index (χ4n) is 2.50. The molecule has 130 valence electrons. The van der Waals surface area contributed by atoms with Crippen molar-refractivity contribution in [2.45, 2.75) is 32.2 Å². The van der Waals surface area contributed by atoms with Gasteiger partial charge in [0.05, 0.1) is 18.6 Å². The molecule has 1 unspecified atom stereocenters. The molecule has 1 aromatic carbocycles. The number of hydrogen-bond donors (Lipinski definition) is 1. The van der Waals surface area contributed by atoms with Gasteiger partial charge in [-0.3, -0.25) is 14.4 Å². The molecule has 1 saturated heterocycles. The average molecular weight is 336 g/mol. The van der Waals surface area contributed by atoms with E-state index in [1.54, 1.807) is 6.07 Å². The van der Waals surface area contributed by atoms with Gasteiger partial charge in [0, 0.05) is 13.1 Å². The van der Waals surface area contributed by atoms with Crippen LogP contribution in [0, 0.1) is 5.82 Å². The first-order valence-corrected chi connectivity index (χ1v) is 8.03. The molecule has 0 radical (unpaired) electrons. The number of benzene rings is 1. The summed E-state index contributed by atoms with van der Waals surface area (Å²) in [6, 6.07) is 4.60. The molecule has 1 heterocycles. The minimum atomic E-state index is -0.986. The number of carbonyl (C=O) groups excluding carboxylic acids is 3. The monoisotopic (exact) mass is 336 g/mol. The van der Waals surface area contributed by atoms with Crippen molar-refractivity contribution in [2.75, 3.05) is 19.7 Å². The Morgan fingerprint density at radius 3 is 2.83 bits per heavy atom. The smallest absolute Gasteiger partial charge is 0.308 e. The summed E-state index contributed by atoms with van der Waals surface area (Å²) in [7, 11) is 0. The molecule has 1 aromatic rings. The largest absolute Gasteiger partial charge is 0.466 e.